The average Bonchev–Trinajstić information content (AvgIpc) is 2.71. The Morgan fingerprint density at radius 3 is 3.00 bits per heavy atom. The number of pyridine rings is 1. The summed E-state index contributed by atoms with van der Waals surface area (Å²) < 4.78 is 0. The molecule has 0 aromatic carbocycles. The zero-order valence-corrected chi connectivity index (χ0v) is 7.92. The lowest BCUT2D eigenvalue weighted by molar-refractivity contribution is 1.32. The second-order valence-corrected chi connectivity index (χ2v) is 3.64. The number of hydrogen-bond donors (Lipinski definition) is 0. The third-order valence-electron chi connectivity index (χ3n) is 1.80. The predicted molar refractivity (Wildman–Crippen MR) is 57.6 cm³/mol. The van der Waals surface area contributed by atoms with Gasteiger partial charge in [0.05, 0.1) is 0 Å². The van der Waals surface area contributed by atoms with Gasteiger partial charge in [0.25, 0.3) is 0 Å². The summed E-state index contributed by atoms with van der Waals surface area (Å²) in [6, 6.07) is 6.22. The number of rotatable bonds is 2. The second kappa shape index (κ2) is 3.54. The van der Waals surface area contributed by atoms with Gasteiger partial charge in [0.15, 0.2) is 0 Å². The van der Waals surface area contributed by atoms with Gasteiger partial charge in [-0.05, 0) is 23.1 Å². The molecule has 64 valence electrons. The van der Waals surface area contributed by atoms with Crippen LogP contribution >= 0.6 is 11.3 Å². The first-order valence-corrected chi connectivity index (χ1v) is 4.89. The highest BCUT2D eigenvalue weighted by Gasteiger charge is 1.98. The van der Waals surface area contributed by atoms with Crippen LogP contribution in [0.4, 0.5) is 0 Å². The van der Waals surface area contributed by atoms with Crippen molar-refractivity contribution < 1.29 is 0 Å². The highest BCUT2D eigenvalue weighted by molar-refractivity contribution is 7.13. The van der Waals surface area contributed by atoms with Crippen LogP contribution in [0.2, 0.25) is 0 Å². The molecule has 1 nitrogen and oxygen atoms in total. The third kappa shape index (κ3) is 1.68. The molecule has 0 aliphatic heterocycles. The molecule has 0 radical (unpaired) electrons. The minimum atomic E-state index is 1.06. The molecular formula is C11H9NS. The van der Waals surface area contributed by atoms with Crippen LogP contribution < -0.4 is 0 Å². The van der Waals surface area contributed by atoms with Crippen molar-refractivity contribution in [2.24, 2.45) is 0 Å². The van der Waals surface area contributed by atoms with E-state index in [1.54, 1.807) is 11.3 Å². The molecule has 13 heavy (non-hydrogen) atoms. The van der Waals surface area contributed by atoms with E-state index in [9.17, 15) is 0 Å². The Balaban J connectivity index is 2.47. The van der Waals surface area contributed by atoms with Crippen LogP contribution in [0.5, 0.6) is 0 Å². The molecule has 2 aromatic heterocycles. The predicted octanol–water partition coefficient (Wildman–Crippen LogP) is 3.45. The van der Waals surface area contributed by atoms with Crippen LogP contribution in [0.3, 0.4) is 0 Å². The van der Waals surface area contributed by atoms with Gasteiger partial charge in [0, 0.05) is 22.8 Å². The Hall–Kier alpha value is -1.41. The van der Waals surface area contributed by atoms with Gasteiger partial charge in [-0.15, -0.1) is 11.3 Å². The summed E-state index contributed by atoms with van der Waals surface area (Å²) in [5.41, 5.74) is 2.22. The summed E-state index contributed by atoms with van der Waals surface area (Å²) in [7, 11) is 0. The molecule has 0 unspecified atom stereocenters. The van der Waals surface area contributed by atoms with Gasteiger partial charge in [-0.3, -0.25) is 4.98 Å². The third-order valence-corrected chi connectivity index (χ3v) is 2.72. The Morgan fingerprint density at radius 1 is 1.38 bits per heavy atom. The number of aromatic nitrogens is 1. The first-order valence-electron chi connectivity index (χ1n) is 4.01. The molecule has 2 heterocycles. The fraction of sp³-hybridized carbons (Fsp3) is 0. The van der Waals surface area contributed by atoms with Crippen LogP contribution in [-0.2, 0) is 0 Å². The minimum absolute atomic E-state index is 1.06. The van der Waals surface area contributed by atoms with E-state index in [4.69, 9.17) is 0 Å². The molecule has 0 aliphatic carbocycles. The molecular weight excluding hydrogens is 178 g/mol. The van der Waals surface area contributed by atoms with Crippen LogP contribution in [0.1, 0.15) is 5.56 Å². The van der Waals surface area contributed by atoms with Gasteiger partial charge < -0.3 is 0 Å². The number of hydrogen-bond acceptors (Lipinski definition) is 2. The first kappa shape index (κ1) is 8.20. The average molecular weight is 187 g/mol. The van der Waals surface area contributed by atoms with Gasteiger partial charge in [-0.1, -0.05) is 18.7 Å². The summed E-state index contributed by atoms with van der Waals surface area (Å²) in [5.74, 6) is 0. The molecule has 0 bridgehead atoms. The highest BCUT2D eigenvalue weighted by Crippen LogP contribution is 2.24. The summed E-state index contributed by atoms with van der Waals surface area (Å²) in [6.07, 6.45) is 5.49. The van der Waals surface area contributed by atoms with E-state index < -0.39 is 0 Å². The summed E-state index contributed by atoms with van der Waals surface area (Å²) in [5, 5.41) is 2.07. The largest absolute Gasteiger partial charge is 0.263 e. The first-order chi connectivity index (χ1) is 6.40. The van der Waals surface area contributed by atoms with Gasteiger partial charge in [0.2, 0.25) is 0 Å². The molecule has 0 spiro atoms. The SMILES string of the molecule is C=Cc1cncc(-c2cccs2)c1. The fourth-order valence-electron chi connectivity index (χ4n) is 1.15. The molecule has 0 amide bonds. The van der Waals surface area contributed by atoms with Crippen molar-refractivity contribution in [2.75, 3.05) is 0 Å². The van der Waals surface area contributed by atoms with Crippen molar-refractivity contribution in [3.63, 3.8) is 0 Å². The molecule has 2 rings (SSSR count). The highest BCUT2D eigenvalue weighted by atomic mass is 32.1. The smallest absolute Gasteiger partial charge is 0.0358 e. The fourth-order valence-corrected chi connectivity index (χ4v) is 1.86. The number of nitrogens with zero attached hydrogens (tertiary/aromatic N) is 1. The van der Waals surface area contributed by atoms with E-state index in [2.05, 4.69) is 29.1 Å². The molecule has 0 atom stereocenters. The van der Waals surface area contributed by atoms with Crippen molar-refractivity contribution in [1.29, 1.82) is 0 Å². The van der Waals surface area contributed by atoms with Crippen LogP contribution in [0.25, 0.3) is 16.5 Å². The summed E-state index contributed by atoms with van der Waals surface area (Å²) in [6.45, 7) is 3.72. The lowest BCUT2D eigenvalue weighted by Crippen LogP contribution is -1.78. The van der Waals surface area contributed by atoms with Crippen molar-refractivity contribution >= 4 is 17.4 Å². The van der Waals surface area contributed by atoms with E-state index >= 15 is 0 Å². The summed E-state index contributed by atoms with van der Waals surface area (Å²) in [4.78, 5) is 5.39. The van der Waals surface area contributed by atoms with Gasteiger partial charge in [-0.25, -0.2) is 0 Å². The Kier molecular flexibility index (Phi) is 2.23. The Labute approximate surface area is 81.4 Å². The van der Waals surface area contributed by atoms with E-state index in [1.807, 2.05) is 24.5 Å². The topological polar surface area (TPSA) is 12.9 Å². The zero-order chi connectivity index (χ0) is 9.10. The van der Waals surface area contributed by atoms with Crippen molar-refractivity contribution in [3.8, 4) is 10.4 Å². The number of thiophene rings is 1. The Morgan fingerprint density at radius 2 is 2.31 bits per heavy atom. The molecule has 0 aliphatic rings. The zero-order valence-electron chi connectivity index (χ0n) is 7.10. The molecule has 2 heteroatoms. The molecule has 0 fully saturated rings. The lowest BCUT2D eigenvalue weighted by Gasteiger charge is -1.97. The van der Waals surface area contributed by atoms with Crippen molar-refractivity contribution in [1.82, 2.24) is 4.98 Å². The van der Waals surface area contributed by atoms with Gasteiger partial charge in [0.1, 0.15) is 0 Å². The standard InChI is InChI=1S/C11H9NS/c1-2-9-6-10(8-12-7-9)11-4-3-5-13-11/h2-8H,1H2. The Bertz CT molecular complexity index is 404. The van der Waals surface area contributed by atoms with Gasteiger partial charge in [-0.2, -0.15) is 0 Å². The maximum Gasteiger partial charge on any atom is 0.0358 e. The van der Waals surface area contributed by atoms with E-state index in [0.29, 0.717) is 0 Å². The molecule has 0 saturated heterocycles. The minimum Gasteiger partial charge on any atom is -0.263 e. The van der Waals surface area contributed by atoms with Crippen LogP contribution in [0.15, 0.2) is 42.6 Å². The maximum absolute atomic E-state index is 4.15. The second-order valence-electron chi connectivity index (χ2n) is 2.69. The van der Waals surface area contributed by atoms with Crippen LogP contribution in [0, 0.1) is 0 Å². The normalized spacial score (nSPS) is 9.85. The van der Waals surface area contributed by atoms with Crippen molar-refractivity contribution in [3.05, 3.63) is 48.1 Å². The molecule has 0 saturated carbocycles. The van der Waals surface area contributed by atoms with Crippen LogP contribution in [-0.4, -0.2) is 4.98 Å². The van der Waals surface area contributed by atoms with E-state index in [-0.39, 0.29) is 0 Å². The maximum atomic E-state index is 4.15. The van der Waals surface area contributed by atoms with Crippen molar-refractivity contribution in [2.45, 2.75) is 0 Å². The molecule has 0 N–H and O–H groups in total. The molecule has 2 aromatic rings. The monoisotopic (exact) mass is 187 g/mol. The van der Waals surface area contributed by atoms with Gasteiger partial charge >= 0.3 is 0 Å². The lowest BCUT2D eigenvalue weighted by atomic mass is 10.2. The van der Waals surface area contributed by atoms with E-state index in [0.717, 1.165) is 11.1 Å². The quantitative estimate of drug-likeness (QED) is 0.701. The van der Waals surface area contributed by atoms with E-state index in [1.165, 1.54) is 4.88 Å². The summed E-state index contributed by atoms with van der Waals surface area (Å²) >= 11 is 1.72.